The van der Waals surface area contributed by atoms with E-state index < -0.39 is 6.10 Å². The highest BCUT2D eigenvalue weighted by molar-refractivity contribution is 5.71. The maximum Gasteiger partial charge on any atom is 0.306 e. The highest BCUT2D eigenvalue weighted by atomic mass is 16.6. The van der Waals surface area contributed by atoms with Gasteiger partial charge in [-0.3, -0.25) is 14.4 Å². The summed E-state index contributed by atoms with van der Waals surface area (Å²) in [4.78, 5) is 38.2. The normalized spacial score (nSPS) is 13.2. The smallest absolute Gasteiger partial charge is 0.306 e. The molecule has 1 atom stereocenters. The number of carbonyl (C=O) groups is 3. The van der Waals surface area contributed by atoms with Gasteiger partial charge in [-0.2, -0.15) is 0 Å². The molecule has 0 amide bonds. The van der Waals surface area contributed by atoms with Crippen LogP contribution >= 0.6 is 0 Å². The highest BCUT2D eigenvalue weighted by Gasteiger charge is 2.19. The molecule has 6 nitrogen and oxygen atoms in total. The van der Waals surface area contributed by atoms with E-state index in [0.717, 1.165) is 103 Å². The molecule has 0 N–H and O–H groups in total. The van der Waals surface area contributed by atoms with Crippen molar-refractivity contribution in [2.45, 2.75) is 252 Å². The molecule has 0 saturated heterocycles. The molecule has 0 fully saturated rings. The topological polar surface area (TPSA) is 78.9 Å². The lowest BCUT2D eigenvalue weighted by atomic mass is 10.1. The molecule has 6 heteroatoms. The molecule has 0 aliphatic carbocycles. The molecule has 0 spiro atoms. The molecule has 0 aromatic carbocycles. The molecule has 74 heavy (non-hydrogen) atoms. The number of allylic oxidation sites excluding steroid dienone is 24. The van der Waals surface area contributed by atoms with Crippen LogP contribution in [0.5, 0.6) is 0 Å². The maximum absolute atomic E-state index is 12.9. The Kier molecular flexibility index (Phi) is 57.0. The Morgan fingerprint density at radius 1 is 0.297 bits per heavy atom. The van der Waals surface area contributed by atoms with Gasteiger partial charge >= 0.3 is 17.9 Å². The average Bonchev–Trinajstić information content (AvgIpc) is 3.40. The molecular formula is C68H108O6. The fraction of sp³-hybridized carbons (Fsp3) is 0.603. The fourth-order valence-corrected chi connectivity index (χ4v) is 7.71. The maximum atomic E-state index is 12.9. The Bertz CT molecular complexity index is 1640. The zero-order valence-electron chi connectivity index (χ0n) is 47.5. The van der Waals surface area contributed by atoms with E-state index in [-0.39, 0.29) is 37.5 Å². The van der Waals surface area contributed by atoms with Crippen molar-refractivity contribution in [3.05, 3.63) is 146 Å². The van der Waals surface area contributed by atoms with E-state index in [1.165, 1.54) is 96.3 Å². The van der Waals surface area contributed by atoms with Gasteiger partial charge in [-0.25, -0.2) is 0 Å². The predicted octanol–water partition coefficient (Wildman–Crippen LogP) is 20.4. The molecule has 0 saturated carbocycles. The first-order chi connectivity index (χ1) is 36.5. The van der Waals surface area contributed by atoms with Crippen LogP contribution in [-0.2, 0) is 28.6 Å². The van der Waals surface area contributed by atoms with E-state index in [1.807, 2.05) is 6.08 Å². The van der Waals surface area contributed by atoms with Crippen molar-refractivity contribution in [3.63, 3.8) is 0 Å². The summed E-state index contributed by atoms with van der Waals surface area (Å²) >= 11 is 0. The fourth-order valence-electron chi connectivity index (χ4n) is 7.71. The number of rotatable bonds is 52. The van der Waals surface area contributed by atoms with Gasteiger partial charge in [-0.1, -0.05) is 263 Å². The second-order valence-corrected chi connectivity index (χ2v) is 19.3. The van der Waals surface area contributed by atoms with E-state index in [4.69, 9.17) is 14.2 Å². The summed E-state index contributed by atoms with van der Waals surface area (Å²) in [5, 5.41) is 0. The SMILES string of the molecule is CC/C=C\C/C=C\C/C=C\C/C=C\C/C=C\C/C=C\CCC(=O)OCC(COC(=O)CCCCCCC\C=C/C=C\C=C/C=C\CCCCC)OC(=O)CCCCCCCCCCCC/C=C\C=C/CCCCC. The van der Waals surface area contributed by atoms with E-state index in [0.29, 0.717) is 19.3 Å². The third kappa shape index (κ3) is 58.2. The molecule has 416 valence electrons. The minimum atomic E-state index is -0.828. The van der Waals surface area contributed by atoms with Gasteiger partial charge in [0.15, 0.2) is 6.10 Å². The highest BCUT2D eigenvalue weighted by Crippen LogP contribution is 2.14. The van der Waals surface area contributed by atoms with Gasteiger partial charge in [-0.05, 0) is 109 Å². The first kappa shape index (κ1) is 69.3. The molecular weight excluding hydrogens is 913 g/mol. The average molecular weight is 1020 g/mol. The van der Waals surface area contributed by atoms with Crippen molar-refractivity contribution in [3.8, 4) is 0 Å². The summed E-state index contributed by atoms with van der Waals surface area (Å²) in [5.74, 6) is -1.04. The molecule has 0 aliphatic rings. The van der Waals surface area contributed by atoms with Crippen LogP contribution in [0.3, 0.4) is 0 Å². The van der Waals surface area contributed by atoms with Crippen molar-refractivity contribution in [2.75, 3.05) is 13.2 Å². The molecule has 1 unspecified atom stereocenters. The minimum absolute atomic E-state index is 0.120. The summed E-state index contributed by atoms with van der Waals surface area (Å²) < 4.78 is 16.8. The van der Waals surface area contributed by atoms with Crippen LogP contribution in [0.15, 0.2) is 146 Å². The zero-order valence-corrected chi connectivity index (χ0v) is 47.5. The molecule has 0 aliphatic heterocycles. The molecule has 0 rings (SSSR count). The van der Waals surface area contributed by atoms with Gasteiger partial charge in [0.25, 0.3) is 0 Å². The van der Waals surface area contributed by atoms with Crippen LogP contribution < -0.4 is 0 Å². The van der Waals surface area contributed by atoms with Crippen molar-refractivity contribution in [1.82, 2.24) is 0 Å². The van der Waals surface area contributed by atoms with Crippen molar-refractivity contribution in [2.24, 2.45) is 0 Å². The lowest BCUT2D eigenvalue weighted by Crippen LogP contribution is -2.30. The largest absolute Gasteiger partial charge is 0.462 e. The third-order valence-corrected chi connectivity index (χ3v) is 12.2. The number of hydrogen-bond acceptors (Lipinski definition) is 6. The standard InChI is InChI=1S/C68H108O6/c1-4-7-10-13-16-19-22-25-28-31-34-37-40-43-46-49-52-55-58-61-67(70)73-64-65(63-72-66(69)60-57-54-51-48-45-42-39-36-33-30-27-24-21-18-15-12-9-6-3)74-68(71)62-59-56-53-50-47-44-41-38-35-32-29-26-23-20-17-14-11-8-5-2/h7,10,16-21,23-28,30,33-34,36-37,39,43,46,52,55,65H,4-6,8-9,11-15,22,29,31-32,35,38,40-42,44-45,47-51,53-54,56-64H2,1-3H3/b10-7-,19-16-,20-17-,21-18-,26-23-,27-24-,28-25-,33-30-,37-34-,39-36-,46-43-,55-52-. The Hall–Kier alpha value is -4.71. The Balaban J connectivity index is 4.58. The quantitative estimate of drug-likeness (QED) is 0.0199. The van der Waals surface area contributed by atoms with Crippen molar-refractivity contribution < 1.29 is 28.6 Å². The summed E-state index contributed by atoms with van der Waals surface area (Å²) in [6, 6.07) is 0. The molecule has 0 aromatic rings. The Morgan fingerprint density at radius 3 is 1.01 bits per heavy atom. The van der Waals surface area contributed by atoms with Crippen molar-refractivity contribution >= 4 is 17.9 Å². The number of ether oxygens (including phenoxy) is 3. The third-order valence-electron chi connectivity index (χ3n) is 12.2. The van der Waals surface area contributed by atoms with Crippen LogP contribution in [0.1, 0.15) is 245 Å². The van der Waals surface area contributed by atoms with Crippen LogP contribution in [0.25, 0.3) is 0 Å². The first-order valence-corrected chi connectivity index (χ1v) is 29.9. The van der Waals surface area contributed by atoms with Gasteiger partial charge < -0.3 is 14.2 Å². The molecule has 0 bridgehead atoms. The van der Waals surface area contributed by atoms with Crippen LogP contribution in [0, 0.1) is 0 Å². The number of esters is 3. The van der Waals surface area contributed by atoms with Gasteiger partial charge in [-0.15, -0.1) is 0 Å². The monoisotopic (exact) mass is 1020 g/mol. The summed E-state index contributed by atoms with van der Waals surface area (Å²) in [7, 11) is 0. The molecule has 0 heterocycles. The molecule has 0 aromatic heterocycles. The van der Waals surface area contributed by atoms with Crippen LogP contribution in [-0.4, -0.2) is 37.2 Å². The predicted molar refractivity (Wildman–Crippen MR) is 320 cm³/mol. The Labute approximate surface area is 455 Å². The lowest BCUT2D eigenvalue weighted by molar-refractivity contribution is -0.166. The second kappa shape index (κ2) is 60.8. The van der Waals surface area contributed by atoms with Gasteiger partial charge in [0.2, 0.25) is 0 Å². The minimum Gasteiger partial charge on any atom is -0.462 e. The van der Waals surface area contributed by atoms with Gasteiger partial charge in [0.1, 0.15) is 13.2 Å². The number of carbonyl (C=O) groups excluding carboxylic acids is 3. The zero-order chi connectivity index (χ0) is 53.6. The number of unbranched alkanes of at least 4 members (excludes halogenated alkanes) is 21. The van der Waals surface area contributed by atoms with Crippen molar-refractivity contribution in [1.29, 1.82) is 0 Å². The summed E-state index contributed by atoms with van der Waals surface area (Å²) in [6.45, 7) is 6.37. The second-order valence-electron chi connectivity index (χ2n) is 19.3. The van der Waals surface area contributed by atoms with Gasteiger partial charge in [0, 0.05) is 19.3 Å². The lowest BCUT2D eigenvalue weighted by Gasteiger charge is -2.18. The molecule has 0 radical (unpaired) electrons. The van der Waals surface area contributed by atoms with E-state index in [1.54, 1.807) is 0 Å². The van der Waals surface area contributed by atoms with E-state index >= 15 is 0 Å². The van der Waals surface area contributed by atoms with Crippen LogP contribution in [0.4, 0.5) is 0 Å². The van der Waals surface area contributed by atoms with E-state index in [9.17, 15) is 14.4 Å². The number of hydrogen-bond donors (Lipinski definition) is 0. The first-order valence-electron chi connectivity index (χ1n) is 29.9. The Morgan fingerprint density at radius 2 is 0.608 bits per heavy atom. The van der Waals surface area contributed by atoms with E-state index in [2.05, 4.69) is 161 Å². The summed E-state index contributed by atoms with van der Waals surface area (Å²) in [5.41, 5.74) is 0. The summed E-state index contributed by atoms with van der Waals surface area (Å²) in [6.07, 6.45) is 87.0. The van der Waals surface area contributed by atoms with Gasteiger partial charge in [0.05, 0.1) is 0 Å². The van der Waals surface area contributed by atoms with Crippen LogP contribution in [0.2, 0.25) is 0 Å².